The van der Waals surface area contributed by atoms with Gasteiger partial charge < -0.3 is 0 Å². The van der Waals surface area contributed by atoms with Gasteiger partial charge in [-0.25, -0.2) is 13.8 Å². The van der Waals surface area contributed by atoms with Crippen LogP contribution in [0.2, 0.25) is 0 Å². The van der Waals surface area contributed by atoms with Crippen LogP contribution in [0.25, 0.3) is 0 Å². The molecule has 1 fully saturated rings. The fraction of sp³-hybridized carbons (Fsp3) is 0.300. The first kappa shape index (κ1) is 19.3. The van der Waals surface area contributed by atoms with Gasteiger partial charge in [-0.15, -0.1) is 0 Å². The van der Waals surface area contributed by atoms with Gasteiger partial charge >= 0.3 is 0 Å². The zero-order chi connectivity index (χ0) is 19.3. The summed E-state index contributed by atoms with van der Waals surface area (Å²) in [5.41, 5.74) is 4.96. The van der Waals surface area contributed by atoms with Crippen LogP contribution in [0.15, 0.2) is 65.8 Å². The second-order valence-electron chi connectivity index (χ2n) is 6.55. The average molecular weight is 385 g/mol. The Labute approximate surface area is 159 Å². The lowest BCUT2D eigenvalue weighted by Gasteiger charge is -2.32. The van der Waals surface area contributed by atoms with E-state index >= 15 is 0 Å². The van der Waals surface area contributed by atoms with E-state index in [1.165, 1.54) is 4.31 Å². The van der Waals surface area contributed by atoms with E-state index in [0.29, 0.717) is 18.7 Å². The fourth-order valence-electron chi connectivity index (χ4n) is 3.24. The van der Waals surface area contributed by atoms with Crippen LogP contribution >= 0.6 is 0 Å². The molecule has 1 saturated heterocycles. The zero-order valence-electron chi connectivity index (χ0n) is 15.2. The molecule has 27 heavy (non-hydrogen) atoms. The highest BCUT2D eigenvalue weighted by molar-refractivity contribution is 7.88. The molecule has 1 amide bonds. The summed E-state index contributed by atoms with van der Waals surface area (Å²) in [4.78, 5) is 12.7. The summed E-state index contributed by atoms with van der Waals surface area (Å²) in [7, 11) is -3.44. The molecule has 3 rings (SSSR count). The second kappa shape index (κ2) is 8.45. The third kappa shape index (κ3) is 4.81. The number of sulfonamides is 1. The number of amides is 1. The molecule has 1 atom stereocenters. The summed E-state index contributed by atoms with van der Waals surface area (Å²) in [5, 5.41) is 4.35. The van der Waals surface area contributed by atoms with E-state index in [1.807, 2.05) is 60.7 Å². The average Bonchev–Trinajstić information content (AvgIpc) is 2.69. The van der Waals surface area contributed by atoms with E-state index in [2.05, 4.69) is 10.5 Å². The van der Waals surface area contributed by atoms with Crippen LogP contribution in [0.5, 0.6) is 0 Å². The molecule has 2 aromatic rings. The minimum atomic E-state index is -3.44. The second-order valence-corrected chi connectivity index (χ2v) is 8.49. The van der Waals surface area contributed by atoms with Gasteiger partial charge in [0.1, 0.15) is 6.04 Å². The van der Waals surface area contributed by atoms with Crippen LogP contribution in [0, 0.1) is 0 Å². The lowest BCUT2D eigenvalue weighted by atomic mass is 10.0. The van der Waals surface area contributed by atoms with Crippen molar-refractivity contribution in [2.45, 2.75) is 25.3 Å². The maximum atomic E-state index is 12.7. The van der Waals surface area contributed by atoms with Gasteiger partial charge in [0.25, 0.3) is 5.91 Å². The molecule has 1 unspecified atom stereocenters. The minimum Gasteiger partial charge on any atom is -0.271 e. The molecule has 0 radical (unpaired) electrons. The molecule has 0 saturated carbocycles. The number of benzene rings is 2. The molecule has 7 heteroatoms. The summed E-state index contributed by atoms with van der Waals surface area (Å²) in [6.45, 7) is 0.366. The highest BCUT2D eigenvalue weighted by Gasteiger charge is 2.34. The van der Waals surface area contributed by atoms with Crippen molar-refractivity contribution in [2.75, 3.05) is 12.8 Å². The van der Waals surface area contributed by atoms with E-state index in [9.17, 15) is 13.2 Å². The van der Waals surface area contributed by atoms with Crippen molar-refractivity contribution < 1.29 is 13.2 Å². The molecule has 0 bridgehead atoms. The van der Waals surface area contributed by atoms with Crippen molar-refractivity contribution in [3.63, 3.8) is 0 Å². The summed E-state index contributed by atoms with van der Waals surface area (Å²) in [5.74, 6) is -0.399. The first-order valence-corrected chi connectivity index (χ1v) is 10.8. The van der Waals surface area contributed by atoms with Crippen LogP contribution in [-0.2, 0) is 14.8 Å². The maximum Gasteiger partial charge on any atom is 0.258 e. The van der Waals surface area contributed by atoms with Crippen molar-refractivity contribution in [1.82, 2.24) is 9.73 Å². The summed E-state index contributed by atoms with van der Waals surface area (Å²) >= 11 is 0. The monoisotopic (exact) mass is 385 g/mol. The molecule has 0 spiro atoms. The van der Waals surface area contributed by atoms with Gasteiger partial charge in [-0.2, -0.15) is 9.41 Å². The third-order valence-electron chi connectivity index (χ3n) is 4.55. The van der Waals surface area contributed by atoms with Gasteiger partial charge in [-0.1, -0.05) is 67.1 Å². The maximum absolute atomic E-state index is 12.7. The molecule has 6 nitrogen and oxygen atoms in total. The predicted molar refractivity (Wildman–Crippen MR) is 106 cm³/mol. The topological polar surface area (TPSA) is 78.8 Å². The van der Waals surface area contributed by atoms with Gasteiger partial charge in [0.05, 0.1) is 12.0 Å². The Hall–Kier alpha value is -2.51. The molecule has 2 aromatic carbocycles. The number of piperidine rings is 1. The molecule has 1 aliphatic rings. The Bertz CT molecular complexity index is 871. The van der Waals surface area contributed by atoms with Gasteiger partial charge in [-0.3, -0.25) is 4.79 Å². The Kier molecular flexibility index (Phi) is 6.03. The number of rotatable bonds is 5. The van der Waals surface area contributed by atoms with Gasteiger partial charge in [0.2, 0.25) is 10.0 Å². The zero-order valence-corrected chi connectivity index (χ0v) is 16.0. The summed E-state index contributed by atoms with van der Waals surface area (Å²) in [6.07, 6.45) is 3.22. The molecule has 1 heterocycles. The quantitative estimate of drug-likeness (QED) is 0.634. The number of carbonyl (C=O) groups excluding carboxylic acids is 1. The Morgan fingerprint density at radius 3 is 2.07 bits per heavy atom. The minimum absolute atomic E-state index is 0.366. The van der Waals surface area contributed by atoms with Crippen LogP contribution < -0.4 is 5.43 Å². The molecular formula is C20H23N3O3S. The molecule has 142 valence electrons. The highest BCUT2D eigenvalue weighted by Crippen LogP contribution is 2.20. The molecular weight excluding hydrogens is 362 g/mol. The van der Waals surface area contributed by atoms with Crippen molar-refractivity contribution in [2.24, 2.45) is 5.10 Å². The van der Waals surface area contributed by atoms with Crippen molar-refractivity contribution in [3.8, 4) is 0 Å². The van der Waals surface area contributed by atoms with Gasteiger partial charge in [0.15, 0.2) is 0 Å². The van der Waals surface area contributed by atoms with E-state index in [0.717, 1.165) is 30.2 Å². The van der Waals surface area contributed by atoms with E-state index in [4.69, 9.17) is 0 Å². The largest absolute Gasteiger partial charge is 0.271 e. The van der Waals surface area contributed by atoms with E-state index in [-0.39, 0.29) is 0 Å². The fourth-order valence-corrected chi connectivity index (χ4v) is 4.36. The van der Waals surface area contributed by atoms with Crippen LogP contribution in [0.3, 0.4) is 0 Å². The normalized spacial score (nSPS) is 17.9. The van der Waals surface area contributed by atoms with Crippen LogP contribution in [-0.4, -0.2) is 43.2 Å². The van der Waals surface area contributed by atoms with Crippen LogP contribution in [0.4, 0.5) is 0 Å². The number of nitrogens with zero attached hydrogens (tertiary/aromatic N) is 2. The third-order valence-corrected chi connectivity index (χ3v) is 5.84. The Morgan fingerprint density at radius 2 is 1.56 bits per heavy atom. The molecule has 0 aliphatic carbocycles. The molecule has 1 N–H and O–H groups in total. The van der Waals surface area contributed by atoms with Crippen LogP contribution in [0.1, 0.15) is 30.4 Å². The standard InChI is InChI=1S/C20H23N3O3S/c1-27(25,26)23-15-9-8-14-18(23)20(24)22-21-19(16-10-4-2-5-11-16)17-12-6-3-7-13-17/h2-7,10-13,18H,8-9,14-15H2,1H3,(H,22,24). The smallest absolute Gasteiger partial charge is 0.258 e. The van der Waals surface area contributed by atoms with Gasteiger partial charge in [0, 0.05) is 17.7 Å². The SMILES string of the molecule is CS(=O)(=O)N1CCCCC1C(=O)NN=C(c1ccccc1)c1ccccc1. The predicted octanol–water partition coefficient (Wildman–Crippen LogP) is 2.37. The first-order valence-electron chi connectivity index (χ1n) is 8.92. The highest BCUT2D eigenvalue weighted by atomic mass is 32.2. The van der Waals surface area contributed by atoms with Crippen molar-refractivity contribution in [3.05, 3.63) is 71.8 Å². The van der Waals surface area contributed by atoms with Crippen molar-refractivity contribution >= 4 is 21.6 Å². The van der Waals surface area contributed by atoms with E-state index in [1.54, 1.807) is 0 Å². The molecule has 0 aromatic heterocycles. The summed E-state index contributed by atoms with van der Waals surface area (Å²) < 4.78 is 25.3. The molecule has 1 aliphatic heterocycles. The summed E-state index contributed by atoms with van der Waals surface area (Å²) in [6, 6.07) is 18.4. The number of hydrogen-bond acceptors (Lipinski definition) is 4. The number of nitrogens with one attached hydrogen (secondary N) is 1. The Morgan fingerprint density at radius 1 is 1.00 bits per heavy atom. The number of hydrogen-bond donors (Lipinski definition) is 1. The van der Waals surface area contributed by atoms with E-state index < -0.39 is 22.0 Å². The number of hydrazone groups is 1. The Balaban J connectivity index is 1.87. The van der Waals surface area contributed by atoms with Gasteiger partial charge in [-0.05, 0) is 12.8 Å². The lowest BCUT2D eigenvalue weighted by Crippen LogP contribution is -2.50. The number of carbonyl (C=O) groups is 1. The lowest BCUT2D eigenvalue weighted by molar-refractivity contribution is -0.125. The van der Waals surface area contributed by atoms with Crippen molar-refractivity contribution in [1.29, 1.82) is 0 Å². The first-order chi connectivity index (χ1) is 13.0.